The number of aromatic nitrogens is 5. The third kappa shape index (κ3) is 4.47. The molecule has 0 saturated heterocycles. The minimum absolute atomic E-state index is 0.0267. The molecule has 0 bridgehead atoms. The molecule has 0 fully saturated rings. The lowest BCUT2D eigenvalue weighted by atomic mass is 10.1. The van der Waals surface area contributed by atoms with Crippen LogP contribution in [-0.4, -0.2) is 37.3 Å². The highest BCUT2D eigenvalue weighted by atomic mass is 32.1. The molecule has 0 aliphatic rings. The van der Waals surface area contributed by atoms with Gasteiger partial charge in [-0.05, 0) is 36.3 Å². The van der Waals surface area contributed by atoms with Crippen LogP contribution in [0.4, 0.5) is 5.13 Å². The van der Waals surface area contributed by atoms with Gasteiger partial charge >= 0.3 is 0 Å². The highest BCUT2D eigenvalue weighted by Crippen LogP contribution is 2.25. The second-order valence-corrected chi connectivity index (χ2v) is 7.61. The molecule has 4 aromatic rings. The highest BCUT2D eigenvalue weighted by Gasteiger charge is 2.17. The van der Waals surface area contributed by atoms with E-state index >= 15 is 0 Å². The highest BCUT2D eigenvalue weighted by molar-refractivity contribution is 7.17. The summed E-state index contributed by atoms with van der Waals surface area (Å²) < 4.78 is 0. The number of anilines is 1. The molecule has 0 radical (unpaired) electrons. The van der Waals surface area contributed by atoms with Crippen molar-refractivity contribution >= 4 is 28.2 Å². The topological polar surface area (TPSA) is 114 Å². The summed E-state index contributed by atoms with van der Waals surface area (Å²) in [4.78, 5) is 30.1. The molecule has 0 saturated carbocycles. The Balaban J connectivity index is 1.40. The predicted octanol–water partition coefficient (Wildman–Crippen LogP) is 3.70. The molecule has 9 heteroatoms. The van der Waals surface area contributed by atoms with Crippen molar-refractivity contribution in [3.05, 3.63) is 76.3 Å². The van der Waals surface area contributed by atoms with Gasteiger partial charge in [0.05, 0.1) is 10.6 Å². The van der Waals surface area contributed by atoms with E-state index in [0.717, 1.165) is 11.1 Å². The molecule has 8 nitrogen and oxygen atoms in total. The molecule has 0 aliphatic heterocycles. The summed E-state index contributed by atoms with van der Waals surface area (Å²) in [5.74, 6) is 0.182. The Morgan fingerprint density at radius 2 is 1.83 bits per heavy atom. The quantitative estimate of drug-likeness (QED) is 0.443. The molecule has 0 aliphatic carbocycles. The third-order valence-electron chi connectivity index (χ3n) is 4.50. The maximum Gasteiger partial charge on any atom is 0.257 e. The van der Waals surface area contributed by atoms with E-state index in [9.17, 15) is 9.59 Å². The van der Waals surface area contributed by atoms with Gasteiger partial charge in [-0.1, -0.05) is 53.8 Å². The smallest absolute Gasteiger partial charge is 0.257 e. The van der Waals surface area contributed by atoms with Crippen LogP contribution in [0.1, 0.15) is 37.7 Å². The molecule has 0 unspecified atom stereocenters. The zero-order chi connectivity index (χ0) is 20.9. The maximum atomic E-state index is 12.6. The van der Waals surface area contributed by atoms with Gasteiger partial charge < -0.3 is 0 Å². The van der Waals surface area contributed by atoms with Crippen LogP contribution >= 0.6 is 11.3 Å². The van der Waals surface area contributed by atoms with Crippen molar-refractivity contribution in [2.24, 2.45) is 0 Å². The number of aryl methyl sites for hydroxylation is 2. The number of nitrogens with zero attached hydrogens (tertiary/aromatic N) is 4. The summed E-state index contributed by atoms with van der Waals surface area (Å²) in [5.41, 5.74) is 2.95. The zero-order valence-electron chi connectivity index (χ0n) is 16.1. The standard InChI is InChI=1S/C21H18N6O2S/c1-13-18(17(28)12-7-14-5-3-2-4-6-14)30-21(22-13)23-20(29)16-10-8-15(9-11-16)19-24-26-27-25-19/h2-6,8-11H,7,12H2,1H3,(H,22,23,29)(H,24,25,26,27). The normalized spacial score (nSPS) is 10.7. The van der Waals surface area contributed by atoms with Gasteiger partial charge in [-0.15, -0.1) is 10.2 Å². The van der Waals surface area contributed by atoms with Gasteiger partial charge in [0.2, 0.25) is 5.82 Å². The fourth-order valence-electron chi connectivity index (χ4n) is 2.95. The minimum atomic E-state index is -0.299. The van der Waals surface area contributed by atoms with E-state index in [2.05, 4.69) is 30.9 Å². The Bertz CT molecular complexity index is 1150. The van der Waals surface area contributed by atoms with Crippen LogP contribution in [0.15, 0.2) is 54.6 Å². The second-order valence-electron chi connectivity index (χ2n) is 6.61. The predicted molar refractivity (Wildman–Crippen MR) is 114 cm³/mol. The number of hydrogen-bond acceptors (Lipinski definition) is 7. The molecule has 4 rings (SSSR count). The maximum absolute atomic E-state index is 12.6. The zero-order valence-corrected chi connectivity index (χ0v) is 16.9. The molecule has 30 heavy (non-hydrogen) atoms. The van der Waals surface area contributed by atoms with Crippen LogP contribution in [0.3, 0.4) is 0 Å². The van der Waals surface area contributed by atoms with Gasteiger partial charge in [-0.3, -0.25) is 14.9 Å². The molecule has 0 atom stereocenters. The fourth-order valence-corrected chi connectivity index (χ4v) is 3.88. The first-order valence-corrected chi connectivity index (χ1v) is 10.1. The van der Waals surface area contributed by atoms with E-state index < -0.39 is 0 Å². The van der Waals surface area contributed by atoms with E-state index in [1.165, 1.54) is 11.3 Å². The van der Waals surface area contributed by atoms with Crippen molar-refractivity contribution in [2.45, 2.75) is 19.8 Å². The first-order valence-electron chi connectivity index (χ1n) is 9.30. The molecule has 1 amide bonds. The van der Waals surface area contributed by atoms with Crippen molar-refractivity contribution < 1.29 is 9.59 Å². The van der Waals surface area contributed by atoms with Gasteiger partial charge in [0.25, 0.3) is 5.91 Å². The van der Waals surface area contributed by atoms with Crippen LogP contribution in [0.25, 0.3) is 11.4 Å². The van der Waals surface area contributed by atoms with Crippen LogP contribution in [0.2, 0.25) is 0 Å². The number of hydrogen-bond donors (Lipinski definition) is 2. The molecule has 2 aromatic heterocycles. The molecular formula is C21H18N6O2S. The summed E-state index contributed by atoms with van der Waals surface area (Å²) in [6, 6.07) is 16.7. The molecular weight excluding hydrogens is 400 g/mol. The van der Waals surface area contributed by atoms with Crippen molar-refractivity contribution in [1.82, 2.24) is 25.6 Å². The number of rotatable bonds is 7. The summed E-state index contributed by atoms with van der Waals surface area (Å²) in [6.45, 7) is 1.78. The first-order chi connectivity index (χ1) is 14.6. The Labute approximate surface area is 176 Å². The Morgan fingerprint density at radius 3 is 2.53 bits per heavy atom. The summed E-state index contributed by atoms with van der Waals surface area (Å²) in [5, 5.41) is 16.9. The number of carbonyl (C=O) groups excluding carboxylic acids is 2. The number of benzene rings is 2. The number of aromatic amines is 1. The molecule has 2 heterocycles. The monoisotopic (exact) mass is 418 g/mol. The van der Waals surface area contributed by atoms with E-state index in [1.807, 2.05) is 30.3 Å². The van der Waals surface area contributed by atoms with Crippen LogP contribution in [0, 0.1) is 6.92 Å². The largest absolute Gasteiger partial charge is 0.298 e. The third-order valence-corrected chi connectivity index (χ3v) is 5.62. The number of tetrazole rings is 1. The molecule has 150 valence electrons. The number of H-pyrrole nitrogens is 1. The van der Waals surface area contributed by atoms with Crippen molar-refractivity contribution in [2.75, 3.05) is 5.32 Å². The van der Waals surface area contributed by atoms with Gasteiger partial charge in [0.1, 0.15) is 0 Å². The van der Waals surface area contributed by atoms with Gasteiger partial charge in [0.15, 0.2) is 10.9 Å². The second kappa shape index (κ2) is 8.75. The number of carbonyl (C=O) groups is 2. The van der Waals surface area contributed by atoms with E-state index in [1.54, 1.807) is 31.2 Å². The minimum Gasteiger partial charge on any atom is -0.298 e. The molecule has 2 aromatic carbocycles. The summed E-state index contributed by atoms with van der Waals surface area (Å²) in [7, 11) is 0. The number of amides is 1. The number of thiazole rings is 1. The van der Waals surface area contributed by atoms with Crippen molar-refractivity contribution in [1.29, 1.82) is 0 Å². The number of nitrogens with one attached hydrogen (secondary N) is 2. The Kier molecular flexibility index (Phi) is 5.71. The fraction of sp³-hybridized carbons (Fsp3) is 0.143. The van der Waals surface area contributed by atoms with E-state index in [-0.39, 0.29) is 11.7 Å². The lowest BCUT2D eigenvalue weighted by molar-refractivity contribution is 0.0984. The average molecular weight is 418 g/mol. The Morgan fingerprint density at radius 1 is 1.07 bits per heavy atom. The average Bonchev–Trinajstić information content (AvgIpc) is 3.43. The molecule has 0 spiro atoms. The van der Waals surface area contributed by atoms with E-state index in [0.29, 0.717) is 39.9 Å². The molecule has 2 N–H and O–H groups in total. The van der Waals surface area contributed by atoms with Gasteiger partial charge in [-0.2, -0.15) is 5.21 Å². The number of Topliss-reactive ketones (excluding diaryl/α,β-unsaturated/α-hetero) is 1. The lowest BCUT2D eigenvalue weighted by Crippen LogP contribution is -2.11. The number of ketones is 1. The van der Waals surface area contributed by atoms with Crippen LogP contribution < -0.4 is 5.32 Å². The van der Waals surface area contributed by atoms with Gasteiger partial charge in [-0.25, -0.2) is 4.98 Å². The van der Waals surface area contributed by atoms with Crippen molar-refractivity contribution in [3.63, 3.8) is 0 Å². The first kappa shape index (κ1) is 19.6. The Hall–Kier alpha value is -3.72. The van der Waals surface area contributed by atoms with Crippen molar-refractivity contribution in [3.8, 4) is 11.4 Å². The SMILES string of the molecule is Cc1nc(NC(=O)c2ccc(-c3nn[nH]n3)cc2)sc1C(=O)CCc1ccccc1. The van der Waals surface area contributed by atoms with Crippen LogP contribution in [-0.2, 0) is 6.42 Å². The lowest BCUT2D eigenvalue weighted by Gasteiger charge is -2.02. The van der Waals surface area contributed by atoms with Crippen LogP contribution in [0.5, 0.6) is 0 Å². The summed E-state index contributed by atoms with van der Waals surface area (Å²) in [6.07, 6.45) is 1.07. The van der Waals surface area contributed by atoms with Gasteiger partial charge in [0, 0.05) is 17.5 Å². The summed E-state index contributed by atoms with van der Waals surface area (Å²) >= 11 is 1.20. The van der Waals surface area contributed by atoms with E-state index in [4.69, 9.17) is 0 Å².